The lowest BCUT2D eigenvalue weighted by atomic mass is 10.1. The van der Waals surface area contributed by atoms with Crippen molar-refractivity contribution in [2.75, 3.05) is 13.2 Å². The standard InChI is InChI=1S/C30H35NO3/c1-4-6-18-33-26-14-10-24(11-15-26)30-22(3)28-20-27(34-19-7-5-2)16-17-29(28)31(30)21-23-8-12-25(32)13-9-23/h8-17,20,32H,4-7,18-19,21H2,1-3H3. The lowest BCUT2D eigenvalue weighted by molar-refractivity contribution is 0.309. The number of hydrogen-bond donors (Lipinski definition) is 1. The first-order valence-electron chi connectivity index (χ1n) is 12.4. The lowest BCUT2D eigenvalue weighted by Crippen LogP contribution is -2.02. The van der Waals surface area contributed by atoms with Crippen LogP contribution in [0.5, 0.6) is 17.2 Å². The minimum atomic E-state index is 0.282. The predicted molar refractivity (Wildman–Crippen MR) is 140 cm³/mol. The monoisotopic (exact) mass is 457 g/mol. The normalized spacial score (nSPS) is 11.1. The minimum absolute atomic E-state index is 0.282. The van der Waals surface area contributed by atoms with E-state index < -0.39 is 0 Å². The molecule has 3 aromatic carbocycles. The number of aryl methyl sites for hydroxylation is 1. The molecule has 0 saturated heterocycles. The van der Waals surface area contributed by atoms with Crippen molar-refractivity contribution in [1.82, 2.24) is 4.57 Å². The van der Waals surface area contributed by atoms with Crippen molar-refractivity contribution < 1.29 is 14.6 Å². The molecule has 4 heteroatoms. The summed E-state index contributed by atoms with van der Waals surface area (Å²) < 4.78 is 14.2. The van der Waals surface area contributed by atoms with Crippen molar-refractivity contribution in [3.05, 3.63) is 77.9 Å². The second-order valence-electron chi connectivity index (χ2n) is 8.83. The number of benzene rings is 3. The minimum Gasteiger partial charge on any atom is -0.508 e. The molecule has 0 aliphatic carbocycles. The summed E-state index contributed by atoms with van der Waals surface area (Å²) in [5, 5.41) is 10.9. The number of aromatic nitrogens is 1. The SMILES string of the molecule is CCCCOc1ccc(-c2c(C)c3cc(OCCCC)ccc3n2Cc2ccc(O)cc2)cc1. The fourth-order valence-corrected chi connectivity index (χ4v) is 4.29. The van der Waals surface area contributed by atoms with Gasteiger partial charge in [-0.2, -0.15) is 0 Å². The Morgan fingerprint density at radius 3 is 2.03 bits per heavy atom. The van der Waals surface area contributed by atoms with Gasteiger partial charge in [-0.3, -0.25) is 0 Å². The van der Waals surface area contributed by atoms with Crippen LogP contribution >= 0.6 is 0 Å². The Labute approximate surface area is 202 Å². The zero-order chi connectivity index (χ0) is 23.9. The van der Waals surface area contributed by atoms with Crippen molar-refractivity contribution in [2.45, 2.75) is 53.0 Å². The van der Waals surface area contributed by atoms with E-state index in [-0.39, 0.29) is 5.75 Å². The van der Waals surface area contributed by atoms with Crippen molar-refractivity contribution in [3.63, 3.8) is 0 Å². The Morgan fingerprint density at radius 2 is 1.38 bits per heavy atom. The van der Waals surface area contributed by atoms with Gasteiger partial charge in [0.2, 0.25) is 0 Å². The average molecular weight is 458 g/mol. The van der Waals surface area contributed by atoms with Crippen LogP contribution in [0.1, 0.15) is 50.7 Å². The van der Waals surface area contributed by atoms with E-state index in [1.807, 2.05) is 12.1 Å². The molecule has 0 bridgehead atoms. The third-order valence-corrected chi connectivity index (χ3v) is 6.23. The molecule has 0 atom stereocenters. The lowest BCUT2D eigenvalue weighted by Gasteiger charge is -2.13. The maximum Gasteiger partial charge on any atom is 0.120 e. The van der Waals surface area contributed by atoms with Gasteiger partial charge in [0.25, 0.3) is 0 Å². The number of nitrogens with zero attached hydrogens (tertiary/aromatic N) is 1. The predicted octanol–water partition coefficient (Wildman–Crippen LogP) is 7.73. The molecule has 0 unspecified atom stereocenters. The summed E-state index contributed by atoms with van der Waals surface area (Å²) in [6.45, 7) is 8.73. The first kappa shape index (κ1) is 23.7. The second kappa shape index (κ2) is 11.1. The van der Waals surface area contributed by atoms with Crippen molar-refractivity contribution in [2.24, 2.45) is 0 Å². The van der Waals surface area contributed by atoms with Crippen LogP contribution in [-0.4, -0.2) is 22.9 Å². The third kappa shape index (κ3) is 5.39. The van der Waals surface area contributed by atoms with Crippen LogP contribution < -0.4 is 9.47 Å². The highest BCUT2D eigenvalue weighted by Crippen LogP contribution is 2.36. The molecule has 0 radical (unpaired) electrons. The summed E-state index contributed by atoms with van der Waals surface area (Å²) in [4.78, 5) is 0. The topological polar surface area (TPSA) is 43.6 Å². The quantitative estimate of drug-likeness (QED) is 0.234. The van der Waals surface area contributed by atoms with Gasteiger partial charge in [-0.1, -0.05) is 38.8 Å². The summed E-state index contributed by atoms with van der Waals surface area (Å²) in [6, 6.07) is 22.3. The first-order chi connectivity index (χ1) is 16.6. The van der Waals surface area contributed by atoms with Crippen LogP contribution in [0.25, 0.3) is 22.2 Å². The van der Waals surface area contributed by atoms with Gasteiger partial charge in [0.1, 0.15) is 17.2 Å². The molecule has 4 aromatic rings. The van der Waals surface area contributed by atoms with E-state index in [9.17, 15) is 5.11 Å². The van der Waals surface area contributed by atoms with Crippen molar-refractivity contribution >= 4 is 10.9 Å². The molecule has 1 N–H and O–H groups in total. The van der Waals surface area contributed by atoms with Crippen LogP contribution in [-0.2, 0) is 6.54 Å². The highest BCUT2D eigenvalue weighted by molar-refractivity contribution is 5.92. The molecular formula is C30H35NO3. The van der Waals surface area contributed by atoms with Crippen LogP contribution in [0, 0.1) is 6.92 Å². The molecule has 1 aromatic heterocycles. The number of aromatic hydroxyl groups is 1. The zero-order valence-electron chi connectivity index (χ0n) is 20.5. The van der Waals surface area contributed by atoms with Gasteiger partial charge in [0.15, 0.2) is 0 Å². The van der Waals surface area contributed by atoms with Gasteiger partial charge in [0, 0.05) is 17.4 Å². The van der Waals surface area contributed by atoms with Gasteiger partial charge in [-0.25, -0.2) is 0 Å². The number of fused-ring (bicyclic) bond motifs is 1. The highest BCUT2D eigenvalue weighted by Gasteiger charge is 2.17. The number of ether oxygens (including phenoxy) is 2. The summed E-state index contributed by atoms with van der Waals surface area (Å²) >= 11 is 0. The molecule has 34 heavy (non-hydrogen) atoms. The smallest absolute Gasteiger partial charge is 0.120 e. The van der Waals surface area contributed by atoms with Gasteiger partial charge >= 0.3 is 0 Å². The average Bonchev–Trinajstić information content (AvgIpc) is 3.12. The molecule has 0 amide bonds. The van der Waals surface area contributed by atoms with Crippen molar-refractivity contribution in [3.8, 4) is 28.5 Å². The Balaban J connectivity index is 1.74. The molecule has 1 heterocycles. The molecule has 4 nitrogen and oxygen atoms in total. The van der Waals surface area contributed by atoms with Gasteiger partial charge in [-0.05, 0) is 91.1 Å². The molecule has 0 fully saturated rings. The van der Waals surface area contributed by atoms with Crippen LogP contribution in [0.2, 0.25) is 0 Å². The van der Waals surface area contributed by atoms with E-state index in [0.29, 0.717) is 6.54 Å². The Hall–Kier alpha value is -3.40. The molecule has 178 valence electrons. The van der Waals surface area contributed by atoms with E-state index >= 15 is 0 Å². The number of phenolic OH excluding ortho intramolecular Hbond substituents is 1. The maximum atomic E-state index is 9.72. The Kier molecular flexibility index (Phi) is 7.79. The summed E-state index contributed by atoms with van der Waals surface area (Å²) in [5.41, 5.74) is 5.89. The van der Waals surface area contributed by atoms with Crippen LogP contribution in [0.4, 0.5) is 0 Å². The van der Waals surface area contributed by atoms with Crippen LogP contribution in [0.15, 0.2) is 66.7 Å². The van der Waals surface area contributed by atoms with Crippen molar-refractivity contribution in [1.29, 1.82) is 0 Å². The van der Waals surface area contributed by atoms with E-state index in [1.54, 1.807) is 12.1 Å². The maximum absolute atomic E-state index is 9.72. The summed E-state index contributed by atoms with van der Waals surface area (Å²) in [7, 11) is 0. The number of hydrogen-bond acceptors (Lipinski definition) is 3. The first-order valence-corrected chi connectivity index (χ1v) is 12.4. The van der Waals surface area contributed by atoms with Gasteiger partial charge in [-0.15, -0.1) is 0 Å². The largest absolute Gasteiger partial charge is 0.508 e. The Bertz CT molecular complexity index is 1210. The van der Waals surface area contributed by atoms with Gasteiger partial charge in [0.05, 0.1) is 18.9 Å². The fourth-order valence-electron chi connectivity index (χ4n) is 4.29. The van der Waals surface area contributed by atoms with Gasteiger partial charge < -0.3 is 19.1 Å². The number of phenols is 1. The van der Waals surface area contributed by atoms with E-state index in [2.05, 4.69) is 67.8 Å². The second-order valence-corrected chi connectivity index (χ2v) is 8.83. The third-order valence-electron chi connectivity index (χ3n) is 6.23. The number of unbranched alkanes of at least 4 members (excludes halogenated alkanes) is 2. The molecule has 0 spiro atoms. The molecule has 4 rings (SSSR count). The molecule has 0 aliphatic rings. The molecule has 0 aliphatic heterocycles. The Morgan fingerprint density at radius 1 is 0.765 bits per heavy atom. The number of rotatable bonds is 11. The fraction of sp³-hybridized carbons (Fsp3) is 0.333. The highest BCUT2D eigenvalue weighted by atomic mass is 16.5. The van der Waals surface area contributed by atoms with E-state index in [0.717, 1.165) is 61.5 Å². The summed E-state index contributed by atoms with van der Waals surface area (Å²) in [6.07, 6.45) is 4.35. The van der Waals surface area contributed by atoms with Crippen LogP contribution in [0.3, 0.4) is 0 Å². The zero-order valence-corrected chi connectivity index (χ0v) is 20.5. The van der Waals surface area contributed by atoms with E-state index in [4.69, 9.17) is 9.47 Å². The summed E-state index contributed by atoms with van der Waals surface area (Å²) in [5.74, 6) is 2.10. The van der Waals surface area contributed by atoms with E-state index in [1.165, 1.54) is 22.2 Å². The molecular weight excluding hydrogens is 422 g/mol. The molecule has 0 saturated carbocycles.